The number of thiocarbonyl (C=S) groups is 1. The van der Waals surface area contributed by atoms with Crippen LogP contribution in [0, 0.1) is 35.2 Å². The Bertz CT molecular complexity index is 1460. The van der Waals surface area contributed by atoms with Crippen LogP contribution in [0.25, 0.3) is 11.1 Å². The van der Waals surface area contributed by atoms with Crippen molar-refractivity contribution in [2.75, 3.05) is 0 Å². The molecule has 240 valence electrons. The molecule has 0 heterocycles. The molecule has 0 spiro atoms. The zero-order chi connectivity index (χ0) is 32.0. The van der Waals surface area contributed by atoms with Crippen molar-refractivity contribution >= 4 is 23.1 Å². The molecule has 0 N–H and O–H groups in total. The molecule has 45 heavy (non-hydrogen) atoms. The highest BCUT2D eigenvalue weighted by molar-refractivity contribution is 7.78. The first-order chi connectivity index (χ1) is 21.7. The summed E-state index contributed by atoms with van der Waals surface area (Å²) in [6.07, 6.45) is 9.60. The van der Waals surface area contributed by atoms with Crippen molar-refractivity contribution < 1.29 is 26.7 Å². The average Bonchev–Trinajstić information content (AvgIpc) is 3.02. The molecule has 0 atom stereocenters. The first-order valence-electron chi connectivity index (χ1n) is 16.2. The summed E-state index contributed by atoms with van der Waals surface area (Å²) in [4.78, 5) is 3.83. The molecule has 2 nitrogen and oxygen atoms in total. The molecule has 0 radical (unpaired) electrons. The molecule has 8 heteroatoms. The number of nitrogens with zero attached hydrogens (tertiary/aromatic N) is 1. The van der Waals surface area contributed by atoms with E-state index < -0.39 is 34.9 Å². The van der Waals surface area contributed by atoms with E-state index in [2.05, 4.69) is 34.0 Å². The second kappa shape index (κ2) is 15.0. The third-order valence-electron chi connectivity index (χ3n) is 9.91. The maximum Gasteiger partial charge on any atom is 0.432 e. The van der Waals surface area contributed by atoms with Gasteiger partial charge in [-0.1, -0.05) is 57.6 Å². The molecule has 0 amide bonds. The second-order valence-corrected chi connectivity index (χ2v) is 12.9. The number of rotatable bonds is 11. The molecule has 2 aliphatic rings. The van der Waals surface area contributed by atoms with Gasteiger partial charge in [-0.15, -0.1) is 0 Å². The Morgan fingerprint density at radius 3 is 2.00 bits per heavy atom. The molecule has 0 aromatic heterocycles. The third-order valence-corrected chi connectivity index (χ3v) is 10.0. The van der Waals surface area contributed by atoms with Gasteiger partial charge in [-0.05, 0) is 122 Å². The molecule has 2 saturated carbocycles. The molecule has 2 fully saturated rings. The first kappa shape index (κ1) is 33.3. The van der Waals surface area contributed by atoms with Gasteiger partial charge in [0, 0.05) is 11.6 Å². The van der Waals surface area contributed by atoms with Crippen molar-refractivity contribution in [1.82, 2.24) is 0 Å². The van der Waals surface area contributed by atoms with Crippen molar-refractivity contribution in [3.63, 3.8) is 0 Å². The largest absolute Gasteiger partial charge is 0.432 e. The molecule has 0 unspecified atom stereocenters. The van der Waals surface area contributed by atoms with Crippen LogP contribution in [-0.2, 0) is 6.11 Å². The molecule has 0 saturated heterocycles. The van der Waals surface area contributed by atoms with Crippen LogP contribution in [-0.4, -0.2) is 5.16 Å². The van der Waals surface area contributed by atoms with Gasteiger partial charge in [-0.2, -0.15) is 13.8 Å². The van der Waals surface area contributed by atoms with Crippen molar-refractivity contribution in [3.8, 4) is 16.9 Å². The Morgan fingerprint density at radius 2 is 1.42 bits per heavy atom. The quantitative estimate of drug-likeness (QED) is 0.0899. The van der Waals surface area contributed by atoms with Gasteiger partial charge in [0.05, 0.1) is 10.8 Å². The van der Waals surface area contributed by atoms with E-state index in [9.17, 15) is 4.39 Å². The minimum absolute atomic E-state index is 0.0729. The Labute approximate surface area is 268 Å². The zero-order valence-corrected chi connectivity index (χ0v) is 26.5. The summed E-state index contributed by atoms with van der Waals surface area (Å²) in [6, 6.07) is 11.6. The predicted molar refractivity (Wildman–Crippen MR) is 172 cm³/mol. The van der Waals surface area contributed by atoms with E-state index in [1.54, 1.807) is 24.3 Å². The van der Waals surface area contributed by atoms with Crippen molar-refractivity contribution in [3.05, 3.63) is 83.2 Å². The molecule has 2 aliphatic carbocycles. The minimum Gasteiger partial charge on any atom is -0.429 e. The summed E-state index contributed by atoms with van der Waals surface area (Å²) in [5.74, 6) is -1.99. The fourth-order valence-corrected chi connectivity index (χ4v) is 7.53. The number of hydrogen-bond donors (Lipinski definition) is 0. The standard InChI is InChI=1S/C37H40F5NOS/c1-2-3-4-5-24-6-8-25(9-7-24)26-10-12-27(13-11-26)29-20-34(39)36(35(40)21-29)37(41,42)44-31-18-19-32(33(38)22-31)28-14-16-30(17-15-28)43-23-45/h14-22,24-27H,2-13H2,1H3. The van der Waals surface area contributed by atoms with Gasteiger partial charge in [0.15, 0.2) is 0 Å². The van der Waals surface area contributed by atoms with Crippen LogP contribution in [0.3, 0.4) is 0 Å². The number of benzene rings is 3. The number of alkyl halides is 2. The van der Waals surface area contributed by atoms with Crippen molar-refractivity contribution in [2.45, 2.75) is 96.0 Å². The normalized spacial score (nSPS) is 22.1. The molecule has 0 aliphatic heterocycles. The van der Waals surface area contributed by atoms with Gasteiger partial charge in [-0.25, -0.2) is 13.2 Å². The van der Waals surface area contributed by atoms with Gasteiger partial charge in [-0.3, -0.25) is 0 Å². The lowest BCUT2D eigenvalue weighted by Crippen LogP contribution is -2.27. The number of hydrogen-bond acceptors (Lipinski definition) is 3. The summed E-state index contributed by atoms with van der Waals surface area (Å²) >= 11 is 4.57. The lowest BCUT2D eigenvalue weighted by atomic mass is 9.68. The Hall–Kier alpha value is -3.09. The topological polar surface area (TPSA) is 21.6 Å². The zero-order valence-electron chi connectivity index (χ0n) is 25.6. The summed E-state index contributed by atoms with van der Waals surface area (Å²) in [5, 5.41) is 2.24. The molecular weight excluding hydrogens is 601 g/mol. The molecule has 5 rings (SSSR count). The van der Waals surface area contributed by atoms with Crippen LogP contribution in [0.4, 0.5) is 27.6 Å². The number of unbranched alkanes of at least 4 members (excludes halogenated alkanes) is 2. The van der Waals surface area contributed by atoms with E-state index in [0.29, 0.717) is 22.7 Å². The SMILES string of the molecule is CCCCCC1CCC(C2CCC(c3cc(F)c(C(F)(F)Oc4ccc(-c5ccc(N=C=S)cc5)c(F)c4)c(F)c3)CC2)CC1. The van der Waals surface area contributed by atoms with Gasteiger partial charge < -0.3 is 4.74 Å². The van der Waals surface area contributed by atoms with Crippen molar-refractivity contribution in [2.24, 2.45) is 22.7 Å². The minimum atomic E-state index is -4.35. The van der Waals surface area contributed by atoms with Crippen LogP contribution in [0.5, 0.6) is 5.75 Å². The molecular formula is C37H40F5NOS. The van der Waals surface area contributed by atoms with E-state index in [4.69, 9.17) is 0 Å². The fraction of sp³-hybridized carbons (Fsp3) is 0.486. The summed E-state index contributed by atoms with van der Waals surface area (Å²) in [5.41, 5.74) is 0.0632. The summed E-state index contributed by atoms with van der Waals surface area (Å²) in [6.45, 7) is 2.24. The van der Waals surface area contributed by atoms with Crippen LogP contribution in [0.15, 0.2) is 59.6 Å². The van der Waals surface area contributed by atoms with Crippen LogP contribution < -0.4 is 4.74 Å². The number of ether oxygens (including phenoxy) is 1. The van der Waals surface area contributed by atoms with Crippen molar-refractivity contribution in [1.29, 1.82) is 0 Å². The monoisotopic (exact) mass is 641 g/mol. The fourth-order valence-electron chi connectivity index (χ4n) is 7.42. The molecule has 0 bridgehead atoms. The van der Waals surface area contributed by atoms with Crippen LogP contribution >= 0.6 is 12.2 Å². The van der Waals surface area contributed by atoms with Gasteiger partial charge in [0.1, 0.15) is 28.8 Å². The van der Waals surface area contributed by atoms with E-state index in [0.717, 1.165) is 61.8 Å². The number of isothiocyanates is 1. The average molecular weight is 642 g/mol. The Morgan fingerprint density at radius 1 is 0.800 bits per heavy atom. The maximum absolute atomic E-state index is 15.1. The number of halogens is 5. The lowest BCUT2D eigenvalue weighted by Gasteiger charge is -2.38. The van der Waals surface area contributed by atoms with E-state index in [1.165, 1.54) is 57.4 Å². The molecule has 3 aromatic rings. The highest BCUT2D eigenvalue weighted by Crippen LogP contribution is 2.46. The summed E-state index contributed by atoms with van der Waals surface area (Å²) in [7, 11) is 0. The van der Waals surface area contributed by atoms with Gasteiger partial charge >= 0.3 is 6.11 Å². The first-order valence-corrected chi connectivity index (χ1v) is 16.6. The number of aliphatic imine (C=N–C) groups is 1. The van der Waals surface area contributed by atoms with E-state index >= 15 is 17.6 Å². The smallest absolute Gasteiger partial charge is 0.429 e. The van der Waals surface area contributed by atoms with Crippen LogP contribution in [0.1, 0.15) is 101 Å². The predicted octanol–water partition coefficient (Wildman–Crippen LogP) is 12.3. The highest BCUT2D eigenvalue weighted by Gasteiger charge is 2.42. The second-order valence-electron chi connectivity index (χ2n) is 12.8. The van der Waals surface area contributed by atoms with Crippen LogP contribution in [0.2, 0.25) is 0 Å². The molecule has 3 aromatic carbocycles. The Kier molecular flexibility index (Phi) is 11.1. The maximum atomic E-state index is 15.1. The highest BCUT2D eigenvalue weighted by atomic mass is 32.1. The Balaban J connectivity index is 1.20. The van der Waals surface area contributed by atoms with E-state index in [1.807, 2.05) is 0 Å². The summed E-state index contributed by atoms with van der Waals surface area (Å²) < 4.78 is 80.1. The third kappa shape index (κ3) is 8.20. The van der Waals surface area contributed by atoms with E-state index in [-0.39, 0.29) is 11.5 Å². The van der Waals surface area contributed by atoms with Gasteiger partial charge in [0.25, 0.3) is 0 Å². The lowest BCUT2D eigenvalue weighted by molar-refractivity contribution is -0.189. The van der Waals surface area contributed by atoms with Gasteiger partial charge in [0.2, 0.25) is 0 Å².